The fourth-order valence-corrected chi connectivity index (χ4v) is 2.53. The smallest absolute Gasteiger partial charge is 0.309 e. The van der Waals surface area contributed by atoms with E-state index in [2.05, 4.69) is 10.2 Å². The first kappa shape index (κ1) is 22.7. The van der Waals surface area contributed by atoms with E-state index in [0.29, 0.717) is 25.8 Å². The zero-order chi connectivity index (χ0) is 18.9. The highest BCUT2D eigenvalue weighted by molar-refractivity contribution is 5.90. The van der Waals surface area contributed by atoms with E-state index in [-0.39, 0.29) is 23.7 Å². The van der Waals surface area contributed by atoms with Gasteiger partial charge >= 0.3 is 5.97 Å². The molecule has 0 radical (unpaired) electrons. The number of carbonyl (C=O) groups excluding carboxylic acids is 2. The molecule has 5 unspecified atom stereocenters. The lowest BCUT2D eigenvalue weighted by Gasteiger charge is -2.34. The van der Waals surface area contributed by atoms with Crippen molar-refractivity contribution in [2.24, 2.45) is 22.1 Å². The second-order valence-electron chi connectivity index (χ2n) is 6.49. The van der Waals surface area contributed by atoms with Gasteiger partial charge in [0.05, 0.1) is 18.5 Å². The predicted octanol–water partition coefficient (Wildman–Crippen LogP) is 3.56. The van der Waals surface area contributed by atoms with Crippen molar-refractivity contribution in [1.82, 2.24) is 0 Å². The normalized spacial score (nSPS) is 19.3. The van der Waals surface area contributed by atoms with Crippen LogP contribution in [-0.4, -0.2) is 41.2 Å². The Kier molecular flexibility index (Phi) is 9.97. The van der Waals surface area contributed by atoms with E-state index in [4.69, 9.17) is 4.74 Å². The molecule has 0 fully saturated rings. The van der Waals surface area contributed by atoms with Crippen molar-refractivity contribution in [1.29, 1.82) is 0 Å². The molecule has 6 nitrogen and oxygen atoms in total. The first-order valence-electron chi connectivity index (χ1n) is 9.00. The maximum atomic E-state index is 12.8. The number of Topliss-reactive ketones (excluding diaryl/α,β-unsaturated/α-hetero) is 1. The molecule has 0 aromatic heterocycles. The summed E-state index contributed by atoms with van der Waals surface area (Å²) in [6.45, 7) is 13.0. The molecular weight excluding hydrogens is 308 g/mol. The number of hydrogen-bond acceptors (Lipinski definition) is 6. The Balaban J connectivity index is 5.24. The van der Waals surface area contributed by atoms with Crippen LogP contribution in [0.3, 0.4) is 0 Å². The monoisotopic (exact) mass is 342 g/mol. The Labute approximate surface area is 146 Å². The van der Waals surface area contributed by atoms with E-state index in [1.807, 2.05) is 20.8 Å². The number of hydrogen-bond donors (Lipinski definition) is 1. The predicted molar refractivity (Wildman–Crippen MR) is 93.9 cm³/mol. The molecule has 0 aliphatic carbocycles. The van der Waals surface area contributed by atoms with Gasteiger partial charge in [0.2, 0.25) is 0 Å². The topological polar surface area (TPSA) is 88.3 Å². The first-order valence-corrected chi connectivity index (χ1v) is 9.00. The second kappa shape index (κ2) is 10.5. The van der Waals surface area contributed by atoms with Crippen LogP contribution in [0.5, 0.6) is 0 Å². The summed E-state index contributed by atoms with van der Waals surface area (Å²) in [6.07, 6.45) is 0.794. The molecular formula is C18H34N2O4. The van der Waals surface area contributed by atoms with Crippen molar-refractivity contribution in [3.63, 3.8) is 0 Å². The number of rotatable bonds is 11. The SMILES string of the molecule is CCN=NC(CC)C(C)C(=O)C(C)(O)C(CC)OC(=O)C(C)CC. The highest BCUT2D eigenvalue weighted by atomic mass is 16.6. The number of nitrogens with zero attached hydrogens (tertiary/aromatic N) is 2. The van der Waals surface area contributed by atoms with E-state index in [1.165, 1.54) is 6.92 Å². The van der Waals surface area contributed by atoms with Crippen LogP contribution < -0.4 is 0 Å². The average molecular weight is 342 g/mol. The standard InChI is InChI=1S/C18H34N2O4/c1-8-12(5)17(22)24-15(10-3)18(7,23)16(21)13(6)14(9-2)20-19-11-4/h12-15,23H,8-11H2,1-7H3. The average Bonchev–Trinajstić information content (AvgIpc) is 2.57. The maximum absolute atomic E-state index is 12.8. The Morgan fingerprint density at radius 1 is 1.08 bits per heavy atom. The summed E-state index contributed by atoms with van der Waals surface area (Å²) in [7, 11) is 0. The third-order valence-electron chi connectivity index (χ3n) is 4.55. The lowest BCUT2D eigenvalue weighted by atomic mass is 9.82. The quantitative estimate of drug-likeness (QED) is 0.459. The van der Waals surface area contributed by atoms with E-state index < -0.39 is 17.6 Å². The summed E-state index contributed by atoms with van der Waals surface area (Å²) < 4.78 is 5.42. The van der Waals surface area contributed by atoms with Crippen molar-refractivity contribution in [3.05, 3.63) is 0 Å². The fraction of sp³-hybridized carbons (Fsp3) is 0.889. The molecule has 0 aliphatic rings. The van der Waals surface area contributed by atoms with E-state index in [1.54, 1.807) is 20.8 Å². The van der Waals surface area contributed by atoms with Gasteiger partial charge in [-0.15, -0.1) is 0 Å². The van der Waals surface area contributed by atoms with Gasteiger partial charge in [0.1, 0.15) is 6.10 Å². The minimum absolute atomic E-state index is 0.260. The molecule has 0 aromatic rings. The Bertz CT molecular complexity index is 435. The van der Waals surface area contributed by atoms with Gasteiger partial charge < -0.3 is 9.84 Å². The maximum Gasteiger partial charge on any atom is 0.309 e. The molecule has 140 valence electrons. The van der Waals surface area contributed by atoms with Gasteiger partial charge in [-0.2, -0.15) is 10.2 Å². The highest BCUT2D eigenvalue weighted by Crippen LogP contribution is 2.26. The third-order valence-corrected chi connectivity index (χ3v) is 4.55. The minimum atomic E-state index is -1.74. The largest absolute Gasteiger partial charge is 0.459 e. The van der Waals surface area contributed by atoms with Crippen LogP contribution in [0.25, 0.3) is 0 Å². The molecule has 0 amide bonds. The van der Waals surface area contributed by atoms with Crippen molar-refractivity contribution in [2.45, 2.75) is 85.5 Å². The Hall–Kier alpha value is -1.30. The molecule has 0 heterocycles. The van der Waals surface area contributed by atoms with Crippen LogP contribution in [0.4, 0.5) is 0 Å². The fourth-order valence-electron chi connectivity index (χ4n) is 2.53. The van der Waals surface area contributed by atoms with Gasteiger partial charge in [0.15, 0.2) is 11.4 Å². The number of carbonyl (C=O) groups is 2. The van der Waals surface area contributed by atoms with E-state index >= 15 is 0 Å². The molecule has 5 atom stereocenters. The first-order chi connectivity index (χ1) is 11.2. The van der Waals surface area contributed by atoms with E-state index in [0.717, 1.165) is 0 Å². The van der Waals surface area contributed by atoms with Crippen LogP contribution in [0, 0.1) is 11.8 Å². The number of esters is 1. The summed E-state index contributed by atoms with van der Waals surface area (Å²) in [5, 5.41) is 18.9. The summed E-state index contributed by atoms with van der Waals surface area (Å²) in [5.41, 5.74) is -1.74. The lowest BCUT2D eigenvalue weighted by molar-refractivity contribution is -0.174. The molecule has 24 heavy (non-hydrogen) atoms. The zero-order valence-corrected chi connectivity index (χ0v) is 16.2. The zero-order valence-electron chi connectivity index (χ0n) is 16.2. The van der Waals surface area contributed by atoms with Gasteiger partial charge in [-0.05, 0) is 33.1 Å². The summed E-state index contributed by atoms with van der Waals surface area (Å²) in [5.74, 6) is -1.52. The second-order valence-corrected chi connectivity index (χ2v) is 6.49. The molecule has 0 spiro atoms. The Morgan fingerprint density at radius 2 is 1.67 bits per heavy atom. The van der Waals surface area contributed by atoms with Gasteiger partial charge in [-0.1, -0.05) is 34.6 Å². The molecule has 0 rings (SSSR count). The van der Waals surface area contributed by atoms with Gasteiger partial charge in [0, 0.05) is 5.92 Å². The third kappa shape index (κ3) is 5.96. The minimum Gasteiger partial charge on any atom is -0.459 e. The molecule has 0 aromatic carbocycles. The molecule has 0 bridgehead atoms. The van der Waals surface area contributed by atoms with Crippen LogP contribution in [0.1, 0.15) is 67.7 Å². The molecule has 0 saturated heterocycles. The Morgan fingerprint density at radius 3 is 2.08 bits per heavy atom. The van der Waals surface area contributed by atoms with Crippen LogP contribution in [-0.2, 0) is 14.3 Å². The molecule has 1 N–H and O–H groups in total. The molecule has 6 heteroatoms. The van der Waals surface area contributed by atoms with Crippen molar-refractivity contribution >= 4 is 11.8 Å². The van der Waals surface area contributed by atoms with Gasteiger partial charge in [-0.3, -0.25) is 9.59 Å². The summed E-state index contributed by atoms with van der Waals surface area (Å²) >= 11 is 0. The van der Waals surface area contributed by atoms with Crippen molar-refractivity contribution in [2.75, 3.05) is 6.54 Å². The van der Waals surface area contributed by atoms with E-state index in [9.17, 15) is 14.7 Å². The molecule has 0 saturated carbocycles. The van der Waals surface area contributed by atoms with Crippen LogP contribution in [0.2, 0.25) is 0 Å². The lowest BCUT2D eigenvalue weighted by Crippen LogP contribution is -2.52. The van der Waals surface area contributed by atoms with Crippen LogP contribution >= 0.6 is 0 Å². The molecule has 0 aliphatic heterocycles. The summed E-state index contributed by atoms with van der Waals surface area (Å²) in [6, 6.07) is -0.285. The van der Waals surface area contributed by atoms with Crippen molar-refractivity contribution in [3.8, 4) is 0 Å². The highest BCUT2D eigenvalue weighted by Gasteiger charge is 2.44. The number of azo groups is 1. The van der Waals surface area contributed by atoms with Crippen molar-refractivity contribution < 1.29 is 19.4 Å². The van der Waals surface area contributed by atoms with Gasteiger partial charge in [0.25, 0.3) is 0 Å². The summed E-state index contributed by atoms with van der Waals surface area (Å²) in [4.78, 5) is 24.8. The number of ketones is 1. The van der Waals surface area contributed by atoms with Gasteiger partial charge in [-0.25, -0.2) is 0 Å². The van der Waals surface area contributed by atoms with Crippen LogP contribution in [0.15, 0.2) is 10.2 Å². The number of aliphatic hydroxyl groups is 1. The number of ether oxygens (including phenoxy) is 1.